The van der Waals surface area contributed by atoms with Crippen LogP contribution in [0.1, 0.15) is 30.0 Å². The van der Waals surface area contributed by atoms with E-state index in [9.17, 15) is 9.59 Å². The van der Waals surface area contributed by atoms with Gasteiger partial charge in [0.2, 0.25) is 5.91 Å². The fraction of sp³-hybridized carbons (Fsp3) is 0.286. The summed E-state index contributed by atoms with van der Waals surface area (Å²) in [4.78, 5) is 26.9. The van der Waals surface area contributed by atoms with Gasteiger partial charge in [-0.05, 0) is 57.0 Å². The van der Waals surface area contributed by atoms with Crippen molar-refractivity contribution in [1.29, 1.82) is 0 Å². The number of anilines is 2. The van der Waals surface area contributed by atoms with Crippen LogP contribution in [0.4, 0.5) is 11.4 Å². The first kappa shape index (κ1) is 23.4. The molecule has 176 valence electrons. The predicted molar refractivity (Wildman–Crippen MR) is 134 cm³/mol. The third kappa shape index (κ3) is 5.76. The lowest BCUT2D eigenvalue weighted by atomic mass is 10.1. The average molecular weight is 459 g/mol. The van der Waals surface area contributed by atoms with Gasteiger partial charge in [0.25, 0.3) is 5.91 Å². The minimum Gasteiger partial charge on any atom is -0.492 e. The Kier molecular flexibility index (Phi) is 7.16. The molecule has 3 aromatic carbocycles. The molecule has 1 unspecified atom stereocenters. The Morgan fingerprint density at radius 3 is 2.38 bits per heavy atom. The monoisotopic (exact) mass is 458 g/mol. The van der Waals surface area contributed by atoms with Crippen LogP contribution in [0.15, 0.2) is 66.7 Å². The van der Waals surface area contributed by atoms with E-state index in [1.807, 2.05) is 62.4 Å². The summed E-state index contributed by atoms with van der Waals surface area (Å²) in [7, 11) is 0. The molecule has 0 bridgehead atoms. The number of nitrogens with one attached hydrogen (secondary N) is 1. The van der Waals surface area contributed by atoms with Gasteiger partial charge in [0, 0.05) is 18.2 Å². The van der Waals surface area contributed by atoms with Crippen molar-refractivity contribution in [2.45, 2.75) is 39.7 Å². The first-order valence-corrected chi connectivity index (χ1v) is 11.6. The van der Waals surface area contributed by atoms with E-state index in [0.29, 0.717) is 43.1 Å². The maximum absolute atomic E-state index is 12.8. The zero-order valence-electron chi connectivity index (χ0n) is 19.8. The molecular weight excluding hydrogens is 428 g/mol. The van der Waals surface area contributed by atoms with E-state index in [-0.39, 0.29) is 11.8 Å². The molecule has 1 aliphatic rings. The van der Waals surface area contributed by atoms with E-state index in [2.05, 4.69) is 5.32 Å². The van der Waals surface area contributed by atoms with Gasteiger partial charge < -0.3 is 19.7 Å². The van der Waals surface area contributed by atoms with Gasteiger partial charge in [0.1, 0.15) is 18.1 Å². The number of nitrogens with zero attached hydrogens (tertiary/aromatic N) is 1. The van der Waals surface area contributed by atoms with Gasteiger partial charge in [0.05, 0.1) is 12.2 Å². The van der Waals surface area contributed by atoms with Gasteiger partial charge in [-0.2, -0.15) is 0 Å². The maximum Gasteiger partial charge on any atom is 0.267 e. The standard InChI is InChI=1S/C28H30N2O4/c1-19-4-8-22(9-5-19)10-15-27(31)29-23-11-14-25-26(18-23)34-21(3)28(32)30(25)16-17-33-24-12-6-20(2)7-13-24/h4-9,11-14,18,21H,10,15-17H2,1-3H3,(H,29,31). The molecule has 0 saturated carbocycles. The molecule has 6 heteroatoms. The molecule has 1 heterocycles. The van der Waals surface area contributed by atoms with E-state index in [1.54, 1.807) is 30.0 Å². The van der Waals surface area contributed by atoms with E-state index in [4.69, 9.17) is 9.47 Å². The molecule has 0 aliphatic carbocycles. The SMILES string of the molecule is Cc1ccc(CCC(=O)Nc2ccc3c(c2)OC(C)C(=O)N3CCOc2ccc(C)cc2)cc1. The Morgan fingerprint density at radius 1 is 1.00 bits per heavy atom. The molecule has 0 saturated heterocycles. The highest BCUT2D eigenvalue weighted by Crippen LogP contribution is 2.36. The van der Waals surface area contributed by atoms with Gasteiger partial charge in [-0.25, -0.2) is 0 Å². The van der Waals surface area contributed by atoms with Crippen LogP contribution < -0.4 is 19.7 Å². The predicted octanol–water partition coefficient (Wildman–Crippen LogP) is 5.07. The summed E-state index contributed by atoms with van der Waals surface area (Å²) in [5, 5.41) is 2.94. The largest absolute Gasteiger partial charge is 0.492 e. The van der Waals surface area contributed by atoms with E-state index in [0.717, 1.165) is 16.9 Å². The molecule has 3 aromatic rings. The van der Waals surface area contributed by atoms with E-state index in [1.165, 1.54) is 5.56 Å². The molecule has 6 nitrogen and oxygen atoms in total. The lowest BCUT2D eigenvalue weighted by Gasteiger charge is -2.33. The highest BCUT2D eigenvalue weighted by molar-refractivity contribution is 6.00. The van der Waals surface area contributed by atoms with Gasteiger partial charge in [-0.1, -0.05) is 47.5 Å². The number of ether oxygens (including phenoxy) is 2. The van der Waals surface area contributed by atoms with Crippen LogP contribution >= 0.6 is 0 Å². The zero-order chi connectivity index (χ0) is 24.1. The lowest BCUT2D eigenvalue weighted by Crippen LogP contribution is -2.46. The van der Waals surface area contributed by atoms with E-state index >= 15 is 0 Å². The Balaban J connectivity index is 1.38. The summed E-state index contributed by atoms with van der Waals surface area (Å²) in [5.41, 5.74) is 4.81. The minimum atomic E-state index is -0.612. The first-order valence-electron chi connectivity index (χ1n) is 11.6. The summed E-state index contributed by atoms with van der Waals surface area (Å²) in [5.74, 6) is 1.15. The lowest BCUT2D eigenvalue weighted by molar-refractivity contribution is -0.125. The number of aryl methyl sites for hydroxylation is 3. The van der Waals surface area contributed by atoms with Crippen LogP contribution in [0.2, 0.25) is 0 Å². The molecule has 4 rings (SSSR count). The molecule has 1 atom stereocenters. The molecule has 0 fully saturated rings. The quantitative estimate of drug-likeness (QED) is 0.512. The molecule has 34 heavy (non-hydrogen) atoms. The van der Waals surface area contributed by atoms with Crippen molar-refractivity contribution in [3.05, 3.63) is 83.4 Å². The minimum absolute atomic E-state index is 0.0659. The number of hydrogen-bond donors (Lipinski definition) is 1. The van der Waals surface area contributed by atoms with Crippen LogP contribution in [0.3, 0.4) is 0 Å². The Morgan fingerprint density at radius 2 is 1.68 bits per heavy atom. The number of amides is 2. The first-order chi connectivity index (χ1) is 16.4. The molecule has 1 aliphatic heterocycles. The van der Waals surface area contributed by atoms with Crippen molar-refractivity contribution in [1.82, 2.24) is 0 Å². The van der Waals surface area contributed by atoms with Gasteiger partial charge in [-0.3, -0.25) is 9.59 Å². The number of benzene rings is 3. The smallest absolute Gasteiger partial charge is 0.267 e. The summed E-state index contributed by atoms with van der Waals surface area (Å²) in [6.45, 7) is 6.55. The summed E-state index contributed by atoms with van der Waals surface area (Å²) in [6, 6.07) is 21.4. The second kappa shape index (κ2) is 10.4. The van der Waals surface area contributed by atoms with Crippen molar-refractivity contribution in [3.8, 4) is 11.5 Å². The summed E-state index contributed by atoms with van der Waals surface area (Å²) >= 11 is 0. The van der Waals surface area contributed by atoms with Gasteiger partial charge >= 0.3 is 0 Å². The number of carbonyl (C=O) groups is 2. The molecule has 0 aromatic heterocycles. The normalized spacial score (nSPS) is 14.9. The van der Waals surface area contributed by atoms with Crippen molar-refractivity contribution >= 4 is 23.2 Å². The second-order valence-electron chi connectivity index (χ2n) is 8.63. The van der Waals surface area contributed by atoms with Gasteiger partial charge in [0.15, 0.2) is 6.10 Å². The second-order valence-corrected chi connectivity index (χ2v) is 8.63. The van der Waals surface area contributed by atoms with Crippen LogP contribution in [-0.4, -0.2) is 31.1 Å². The number of fused-ring (bicyclic) bond motifs is 1. The third-order valence-corrected chi connectivity index (χ3v) is 5.82. The maximum atomic E-state index is 12.8. The molecular formula is C28H30N2O4. The Labute approximate surface area is 200 Å². The molecule has 0 radical (unpaired) electrons. The number of rotatable bonds is 8. The highest BCUT2D eigenvalue weighted by atomic mass is 16.5. The van der Waals surface area contributed by atoms with Crippen molar-refractivity contribution in [2.24, 2.45) is 0 Å². The topological polar surface area (TPSA) is 67.9 Å². The van der Waals surface area contributed by atoms with Crippen molar-refractivity contribution in [3.63, 3.8) is 0 Å². The molecule has 0 spiro atoms. The summed E-state index contributed by atoms with van der Waals surface area (Å²) in [6.07, 6.45) is 0.450. The zero-order valence-corrected chi connectivity index (χ0v) is 19.8. The average Bonchev–Trinajstić information content (AvgIpc) is 2.82. The van der Waals surface area contributed by atoms with Gasteiger partial charge in [-0.15, -0.1) is 0 Å². The van der Waals surface area contributed by atoms with Crippen molar-refractivity contribution in [2.75, 3.05) is 23.4 Å². The van der Waals surface area contributed by atoms with Crippen LogP contribution in [0.25, 0.3) is 0 Å². The molecule has 2 amide bonds. The Hall–Kier alpha value is -3.80. The number of carbonyl (C=O) groups excluding carboxylic acids is 2. The van der Waals surface area contributed by atoms with Crippen LogP contribution in [0, 0.1) is 13.8 Å². The van der Waals surface area contributed by atoms with Crippen LogP contribution in [0.5, 0.6) is 11.5 Å². The fourth-order valence-corrected chi connectivity index (χ4v) is 3.84. The molecule has 1 N–H and O–H groups in total. The number of hydrogen-bond acceptors (Lipinski definition) is 4. The Bertz CT molecular complexity index is 1160. The van der Waals surface area contributed by atoms with Crippen molar-refractivity contribution < 1.29 is 19.1 Å². The van der Waals surface area contributed by atoms with Crippen LogP contribution in [-0.2, 0) is 16.0 Å². The van der Waals surface area contributed by atoms with E-state index < -0.39 is 6.10 Å². The third-order valence-electron chi connectivity index (χ3n) is 5.82. The summed E-state index contributed by atoms with van der Waals surface area (Å²) < 4.78 is 11.6. The highest BCUT2D eigenvalue weighted by Gasteiger charge is 2.31. The fourth-order valence-electron chi connectivity index (χ4n) is 3.84.